The monoisotopic (exact) mass is 298 g/mol. The van der Waals surface area contributed by atoms with E-state index in [1.807, 2.05) is 4.90 Å². The number of hydrogen-bond donors (Lipinski definition) is 0. The molecule has 0 unspecified atom stereocenters. The van der Waals surface area contributed by atoms with Gasteiger partial charge in [0, 0.05) is 31.9 Å². The van der Waals surface area contributed by atoms with Gasteiger partial charge in [-0.25, -0.2) is 0 Å². The Balaban J connectivity index is 1.60. The van der Waals surface area contributed by atoms with Crippen molar-refractivity contribution in [2.45, 2.75) is 19.8 Å². The second-order valence-corrected chi connectivity index (χ2v) is 6.00. The van der Waals surface area contributed by atoms with Gasteiger partial charge in [-0.1, -0.05) is 26.0 Å². The number of carbonyl (C=O) groups excluding carboxylic acids is 1. The highest BCUT2D eigenvalue weighted by molar-refractivity contribution is 5.91. The molecule has 116 valence electrons. The Morgan fingerprint density at radius 3 is 2.27 bits per heavy atom. The Morgan fingerprint density at radius 1 is 1.05 bits per heavy atom. The van der Waals surface area contributed by atoms with Gasteiger partial charge >= 0.3 is 0 Å². The van der Waals surface area contributed by atoms with Crippen LogP contribution >= 0.6 is 0 Å². The number of piperazine rings is 1. The first-order chi connectivity index (χ1) is 10.6. The maximum absolute atomic E-state index is 12.2. The molecule has 0 atom stereocenters. The first-order valence-electron chi connectivity index (χ1n) is 7.83. The normalized spacial score (nSPS) is 15.4. The number of anilines is 1. The van der Waals surface area contributed by atoms with Crippen LogP contribution in [0.5, 0.6) is 0 Å². The Bertz CT molecular complexity index is 609. The van der Waals surface area contributed by atoms with Crippen molar-refractivity contribution in [3.8, 4) is 0 Å². The zero-order chi connectivity index (χ0) is 15.5. The maximum Gasteiger partial charge on any atom is 0.289 e. The molecule has 0 radical (unpaired) electrons. The molecule has 0 bridgehead atoms. The van der Waals surface area contributed by atoms with E-state index < -0.39 is 0 Å². The number of benzene rings is 1. The van der Waals surface area contributed by atoms with Crippen LogP contribution in [0, 0.1) is 0 Å². The van der Waals surface area contributed by atoms with Crippen LogP contribution in [-0.4, -0.2) is 37.0 Å². The molecule has 0 aliphatic carbocycles. The number of amides is 1. The molecule has 22 heavy (non-hydrogen) atoms. The number of furan rings is 1. The van der Waals surface area contributed by atoms with Crippen LogP contribution in [0.2, 0.25) is 0 Å². The van der Waals surface area contributed by atoms with Crippen molar-refractivity contribution >= 4 is 11.6 Å². The van der Waals surface area contributed by atoms with E-state index in [1.165, 1.54) is 11.3 Å². The number of nitrogens with zero attached hydrogens (tertiary/aromatic N) is 2. The van der Waals surface area contributed by atoms with E-state index in [4.69, 9.17) is 4.42 Å². The Kier molecular flexibility index (Phi) is 4.18. The first-order valence-corrected chi connectivity index (χ1v) is 7.83. The van der Waals surface area contributed by atoms with Gasteiger partial charge in [0.1, 0.15) is 0 Å². The molecule has 1 fully saturated rings. The van der Waals surface area contributed by atoms with E-state index in [2.05, 4.69) is 43.0 Å². The molecule has 2 aromatic rings. The van der Waals surface area contributed by atoms with E-state index in [0.29, 0.717) is 11.7 Å². The Labute approximate surface area is 131 Å². The summed E-state index contributed by atoms with van der Waals surface area (Å²) in [6, 6.07) is 12.2. The maximum atomic E-state index is 12.2. The SMILES string of the molecule is CC(C)c1ccc(N2CCN(C(=O)c3ccco3)CC2)cc1. The summed E-state index contributed by atoms with van der Waals surface area (Å²) in [5, 5.41) is 0. The molecule has 2 heterocycles. The van der Waals surface area contributed by atoms with E-state index in [-0.39, 0.29) is 5.91 Å². The van der Waals surface area contributed by atoms with Crippen molar-refractivity contribution < 1.29 is 9.21 Å². The molecule has 4 heteroatoms. The van der Waals surface area contributed by atoms with E-state index in [1.54, 1.807) is 18.4 Å². The fraction of sp³-hybridized carbons (Fsp3) is 0.389. The summed E-state index contributed by atoms with van der Waals surface area (Å²) in [5.41, 5.74) is 2.59. The van der Waals surface area contributed by atoms with Crippen molar-refractivity contribution in [2.75, 3.05) is 31.1 Å². The molecule has 1 aliphatic rings. The van der Waals surface area contributed by atoms with Crippen LogP contribution < -0.4 is 4.90 Å². The Morgan fingerprint density at radius 2 is 1.73 bits per heavy atom. The average molecular weight is 298 g/mol. The van der Waals surface area contributed by atoms with Gasteiger partial charge in [-0.2, -0.15) is 0 Å². The van der Waals surface area contributed by atoms with Crippen LogP contribution in [0.3, 0.4) is 0 Å². The van der Waals surface area contributed by atoms with Crippen LogP contribution in [0.4, 0.5) is 5.69 Å². The summed E-state index contributed by atoms with van der Waals surface area (Å²) < 4.78 is 5.19. The summed E-state index contributed by atoms with van der Waals surface area (Å²) >= 11 is 0. The highest BCUT2D eigenvalue weighted by Gasteiger charge is 2.23. The lowest BCUT2D eigenvalue weighted by Crippen LogP contribution is -2.48. The van der Waals surface area contributed by atoms with Gasteiger partial charge in [-0.05, 0) is 35.7 Å². The fourth-order valence-electron chi connectivity index (χ4n) is 2.79. The molecular weight excluding hydrogens is 276 g/mol. The van der Waals surface area contributed by atoms with Gasteiger partial charge in [0.25, 0.3) is 5.91 Å². The topological polar surface area (TPSA) is 36.7 Å². The zero-order valence-electron chi connectivity index (χ0n) is 13.2. The molecule has 1 saturated heterocycles. The van der Waals surface area contributed by atoms with Gasteiger partial charge in [0.15, 0.2) is 5.76 Å². The van der Waals surface area contributed by atoms with Crippen molar-refractivity contribution in [1.82, 2.24) is 4.90 Å². The molecule has 3 rings (SSSR count). The fourth-order valence-corrected chi connectivity index (χ4v) is 2.79. The van der Waals surface area contributed by atoms with E-state index in [0.717, 1.165) is 26.2 Å². The quantitative estimate of drug-likeness (QED) is 0.872. The lowest BCUT2D eigenvalue weighted by Gasteiger charge is -2.35. The Hall–Kier alpha value is -2.23. The molecule has 0 saturated carbocycles. The molecule has 0 spiro atoms. The summed E-state index contributed by atoms with van der Waals surface area (Å²) in [6.45, 7) is 7.57. The van der Waals surface area contributed by atoms with Gasteiger partial charge in [0.2, 0.25) is 0 Å². The van der Waals surface area contributed by atoms with Crippen LogP contribution in [-0.2, 0) is 0 Å². The molecule has 1 aromatic heterocycles. The number of hydrogen-bond acceptors (Lipinski definition) is 3. The third kappa shape index (κ3) is 3.01. The van der Waals surface area contributed by atoms with E-state index >= 15 is 0 Å². The van der Waals surface area contributed by atoms with Crippen molar-refractivity contribution in [3.05, 3.63) is 54.0 Å². The predicted molar refractivity (Wildman–Crippen MR) is 87.4 cm³/mol. The summed E-state index contributed by atoms with van der Waals surface area (Å²) in [4.78, 5) is 16.4. The highest BCUT2D eigenvalue weighted by atomic mass is 16.3. The first kappa shape index (κ1) is 14.7. The van der Waals surface area contributed by atoms with Gasteiger partial charge in [-0.3, -0.25) is 4.79 Å². The molecule has 1 aromatic carbocycles. The highest BCUT2D eigenvalue weighted by Crippen LogP contribution is 2.21. The minimum absolute atomic E-state index is 0.0141. The number of rotatable bonds is 3. The van der Waals surface area contributed by atoms with Gasteiger partial charge in [0.05, 0.1) is 6.26 Å². The van der Waals surface area contributed by atoms with Gasteiger partial charge < -0.3 is 14.2 Å². The van der Waals surface area contributed by atoms with Crippen molar-refractivity contribution in [3.63, 3.8) is 0 Å². The second-order valence-electron chi connectivity index (χ2n) is 6.00. The zero-order valence-corrected chi connectivity index (χ0v) is 13.2. The average Bonchev–Trinajstić information content (AvgIpc) is 3.09. The van der Waals surface area contributed by atoms with E-state index in [9.17, 15) is 4.79 Å². The van der Waals surface area contributed by atoms with Crippen molar-refractivity contribution in [1.29, 1.82) is 0 Å². The third-order valence-corrected chi connectivity index (χ3v) is 4.22. The third-order valence-electron chi connectivity index (χ3n) is 4.22. The minimum atomic E-state index is -0.0141. The lowest BCUT2D eigenvalue weighted by molar-refractivity contribution is 0.0714. The molecular formula is C18H22N2O2. The van der Waals surface area contributed by atoms with Gasteiger partial charge in [-0.15, -0.1) is 0 Å². The number of carbonyl (C=O) groups is 1. The van der Waals surface area contributed by atoms with Crippen LogP contribution in [0.25, 0.3) is 0 Å². The summed E-state index contributed by atoms with van der Waals surface area (Å²) in [6.07, 6.45) is 1.54. The standard InChI is InChI=1S/C18H22N2O2/c1-14(2)15-5-7-16(8-6-15)19-9-11-20(12-10-19)18(21)17-4-3-13-22-17/h3-8,13-14H,9-12H2,1-2H3. The summed E-state index contributed by atoms with van der Waals surface area (Å²) in [7, 11) is 0. The van der Waals surface area contributed by atoms with Crippen LogP contribution in [0.1, 0.15) is 35.9 Å². The van der Waals surface area contributed by atoms with Crippen molar-refractivity contribution in [2.24, 2.45) is 0 Å². The minimum Gasteiger partial charge on any atom is -0.459 e. The molecule has 4 nitrogen and oxygen atoms in total. The molecule has 0 N–H and O–H groups in total. The summed E-state index contributed by atoms with van der Waals surface area (Å²) in [5.74, 6) is 0.964. The largest absolute Gasteiger partial charge is 0.459 e. The second kappa shape index (κ2) is 6.26. The lowest BCUT2D eigenvalue weighted by atomic mass is 10.0. The van der Waals surface area contributed by atoms with Crippen LogP contribution in [0.15, 0.2) is 47.1 Å². The predicted octanol–water partition coefficient (Wildman–Crippen LogP) is 3.37. The smallest absolute Gasteiger partial charge is 0.289 e. The molecule has 1 aliphatic heterocycles. The molecule has 1 amide bonds.